The highest BCUT2D eigenvalue weighted by Gasteiger charge is 2.31. The number of amides is 1. The van der Waals surface area contributed by atoms with Gasteiger partial charge in [0.2, 0.25) is 11.8 Å². The monoisotopic (exact) mass is 456 g/mol. The molecule has 0 unspecified atom stereocenters. The van der Waals surface area contributed by atoms with Crippen LogP contribution in [-0.2, 0) is 11.2 Å². The molecule has 1 aromatic carbocycles. The van der Waals surface area contributed by atoms with Crippen LogP contribution < -0.4 is 0 Å². The maximum atomic E-state index is 11.6. The molecule has 2 aliphatic heterocycles. The Morgan fingerprint density at radius 2 is 1.91 bits per heavy atom. The highest BCUT2D eigenvalue weighted by molar-refractivity contribution is 6.35. The molecule has 9 heteroatoms. The van der Waals surface area contributed by atoms with Gasteiger partial charge in [0, 0.05) is 37.4 Å². The third-order valence-corrected chi connectivity index (χ3v) is 7.30. The lowest BCUT2D eigenvalue weighted by Crippen LogP contribution is -2.48. The summed E-state index contributed by atoms with van der Waals surface area (Å²) < 4.78 is 7.39. The SMILES string of the molecule is CCc1nn(-c2noc(C3CCN(C4CCN(C(C)=O)CC4)CC3)n2)c2c(Cl)cccc12. The smallest absolute Gasteiger partial charge is 0.291 e. The molecular weight excluding hydrogens is 428 g/mol. The van der Waals surface area contributed by atoms with Gasteiger partial charge < -0.3 is 14.3 Å². The minimum absolute atomic E-state index is 0.187. The zero-order valence-electron chi connectivity index (χ0n) is 18.6. The molecule has 3 aromatic rings. The van der Waals surface area contributed by atoms with Gasteiger partial charge in [-0.15, -0.1) is 0 Å². The molecule has 0 radical (unpaired) electrons. The Hall–Kier alpha value is -2.45. The van der Waals surface area contributed by atoms with E-state index in [2.05, 4.69) is 17.0 Å². The number of piperidine rings is 2. The Balaban J connectivity index is 1.27. The van der Waals surface area contributed by atoms with Crippen molar-refractivity contribution in [3.05, 3.63) is 34.8 Å². The van der Waals surface area contributed by atoms with Crippen molar-refractivity contribution >= 4 is 28.4 Å². The summed E-state index contributed by atoms with van der Waals surface area (Å²) in [5.74, 6) is 1.57. The summed E-state index contributed by atoms with van der Waals surface area (Å²) in [6, 6.07) is 6.39. The van der Waals surface area contributed by atoms with Crippen LogP contribution in [0.25, 0.3) is 16.9 Å². The first-order valence-corrected chi connectivity index (χ1v) is 11.9. The Labute approximate surface area is 192 Å². The van der Waals surface area contributed by atoms with E-state index in [9.17, 15) is 4.79 Å². The average molecular weight is 457 g/mol. The van der Waals surface area contributed by atoms with E-state index in [1.165, 1.54) is 0 Å². The quantitative estimate of drug-likeness (QED) is 0.593. The predicted molar refractivity (Wildman–Crippen MR) is 122 cm³/mol. The molecule has 170 valence electrons. The van der Waals surface area contributed by atoms with Gasteiger partial charge in [-0.05, 0) is 56.4 Å². The molecule has 1 amide bonds. The van der Waals surface area contributed by atoms with Gasteiger partial charge in [-0.3, -0.25) is 4.79 Å². The number of benzene rings is 1. The molecule has 0 spiro atoms. The second-order valence-corrected chi connectivity index (χ2v) is 9.24. The molecule has 0 atom stereocenters. The second kappa shape index (κ2) is 8.83. The van der Waals surface area contributed by atoms with Gasteiger partial charge in [0.05, 0.1) is 16.2 Å². The summed E-state index contributed by atoms with van der Waals surface area (Å²) in [5, 5.41) is 10.6. The van der Waals surface area contributed by atoms with E-state index in [1.54, 1.807) is 11.6 Å². The number of aromatic nitrogens is 4. The number of rotatable bonds is 4. The van der Waals surface area contributed by atoms with Crippen LogP contribution in [0.4, 0.5) is 0 Å². The summed E-state index contributed by atoms with van der Waals surface area (Å²) in [6.07, 6.45) is 4.91. The maximum Gasteiger partial charge on any atom is 0.291 e. The number of hydrogen-bond donors (Lipinski definition) is 0. The van der Waals surface area contributed by atoms with E-state index in [-0.39, 0.29) is 11.8 Å². The standard InChI is InChI=1S/C23H29ClN6O2/c1-3-20-18-5-4-6-19(24)21(18)30(26-20)23-25-22(32-27-23)16-7-11-29(12-8-16)17-9-13-28(14-10-17)15(2)31/h4-6,16-17H,3,7-14H2,1-2H3. The van der Waals surface area contributed by atoms with Gasteiger partial charge in [-0.25, -0.2) is 0 Å². The number of para-hydroxylation sites is 1. The van der Waals surface area contributed by atoms with Crippen LogP contribution in [0.5, 0.6) is 0 Å². The third kappa shape index (κ3) is 3.90. The van der Waals surface area contributed by atoms with Crippen LogP contribution in [0, 0.1) is 0 Å². The lowest BCUT2D eigenvalue weighted by molar-refractivity contribution is -0.130. The molecular formula is C23H29ClN6O2. The van der Waals surface area contributed by atoms with Crippen molar-refractivity contribution in [2.24, 2.45) is 0 Å². The van der Waals surface area contributed by atoms with Gasteiger partial charge in [0.15, 0.2) is 0 Å². The van der Waals surface area contributed by atoms with Crippen LogP contribution in [-0.4, -0.2) is 67.8 Å². The summed E-state index contributed by atoms with van der Waals surface area (Å²) in [5.41, 5.74) is 1.79. The van der Waals surface area contributed by atoms with Gasteiger partial charge in [-0.1, -0.05) is 30.7 Å². The van der Waals surface area contributed by atoms with Crippen molar-refractivity contribution in [1.29, 1.82) is 0 Å². The number of aryl methyl sites for hydroxylation is 1. The lowest BCUT2D eigenvalue weighted by Gasteiger charge is -2.41. The van der Waals surface area contributed by atoms with E-state index >= 15 is 0 Å². The molecule has 5 rings (SSSR count). The fraction of sp³-hybridized carbons (Fsp3) is 0.565. The number of carbonyl (C=O) groups is 1. The van der Waals surface area contributed by atoms with Gasteiger partial charge >= 0.3 is 0 Å². The van der Waals surface area contributed by atoms with Crippen molar-refractivity contribution < 1.29 is 9.32 Å². The topological polar surface area (TPSA) is 80.3 Å². The molecule has 2 fully saturated rings. The predicted octanol–water partition coefficient (Wildman–Crippen LogP) is 3.81. The summed E-state index contributed by atoms with van der Waals surface area (Å²) >= 11 is 6.48. The average Bonchev–Trinajstić information content (AvgIpc) is 3.45. The van der Waals surface area contributed by atoms with Crippen LogP contribution in [0.15, 0.2) is 22.7 Å². The van der Waals surface area contributed by atoms with Crippen molar-refractivity contribution in [3.8, 4) is 5.95 Å². The molecule has 4 heterocycles. The van der Waals surface area contributed by atoms with Crippen LogP contribution in [0.3, 0.4) is 0 Å². The van der Waals surface area contributed by atoms with Crippen molar-refractivity contribution in [2.75, 3.05) is 26.2 Å². The fourth-order valence-corrected chi connectivity index (χ4v) is 5.38. The van der Waals surface area contributed by atoms with E-state index in [1.807, 2.05) is 23.1 Å². The number of carbonyl (C=O) groups excluding carboxylic acids is 1. The Morgan fingerprint density at radius 3 is 2.59 bits per heavy atom. The third-order valence-electron chi connectivity index (χ3n) is 6.99. The summed E-state index contributed by atoms with van der Waals surface area (Å²) in [7, 11) is 0. The molecule has 8 nitrogen and oxygen atoms in total. The number of likely N-dealkylation sites (tertiary alicyclic amines) is 2. The Bertz CT molecular complexity index is 1110. The molecule has 2 aromatic heterocycles. The zero-order chi connectivity index (χ0) is 22.2. The fourth-order valence-electron chi connectivity index (χ4n) is 5.13. The van der Waals surface area contributed by atoms with Gasteiger partial charge in [0.25, 0.3) is 5.95 Å². The molecule has 0 aliphatic carbocycles. The number of fused-ring (bicyclic) bond motifs is 1. The normalized spacial score (nSPS) is 19.2. The lowest BCUT2D eigenvalue weighted by atomic mass is 9.93. The Kier molecular flexibility index (Phi) is 5.90. The highest BCUT2D eigenvalue weighted by atomic mass is 35.5. The van der Waals surface area contributed by atoms with Crippen LogP contribution in [0.2, 0.25) is 5.02 Å². The number of hydrogen-bond acceptors (Lipinski definition) is 6. The molecule has 0 saturated carbocycles. The van der Waals surface area contributed by atoms with Crippen molar-refractivity contribution in [1.82, 2.24) is 29.7 Å². The number of halogens is 1. The molecule has 0 bridgehead atoms. The van der Waals surface area contributed by atoms with Crippen molar-refractivity contribution in [2.45, 2.75) is 57.9 Å². The summed E-state index contributed by atoms with van der Waals surface area (Å²) in [6.45, 7) is 7.51. The minimum atomic E-state index is 0.187. The first-order valence-electron chi connectivity index (χ1n) is 11.5. The zero-order valence-corrected chi connectivity index (χ0v) is 19.4. The first-order chi connectivity index (χ1) is 15.5. The Morgan fingerprint density at radius 1 is 1.16 bits per heavy atom. The van der Waals surface area contributed by atoms with E-state index < -0.39 is 0 Å². The largest absolute Gasteiger partial charge is 0.343 e. The van der Waals surface area contributed by atoms with Gasteiger partial charge in [0.1, 0.15) is 0 Å². The van der Waals surface area contributed by atoms with Gasteiger partial charge in [-0.2, -0.15) is 14.8 Å². The molecule has 2 saturated heterocycles. The van der Waals surface area contributed by atoms with E-state index in [0.717, 1.165) is 74.9 Å². The first kappa shape index (κ1) is 21.4. The highest BCUT2D eigenvalue weighted by Crippen LogP contribution is 2.32. The molecule has 32 heavy (non-hydrogen) atoms. The second-order valence-electron chi connectivity index (χ2n) is 8.83. The summed E-state index contributed by atoms with van der Waals surface area (Å²) in [4.78, 5) is 20.8. The molecule has 2 aliphatic rings. The van der Waals surface area contributed by atoms with Crippen LogP contribution in [0.1, 0.15) is 57.0 Å². The van der Waals surface area contributed by atoms with Crippen LogP contribution >= 0.6 is 11.6 Å². The van der Waals surface area contributed by atoms with E-state index in [0.29, 0.717) is 22.9 Å². The van der Waals surface area contributed by atoms with Crippen molar-refractivity contribution in [3.63, 3.8) is 0 Å². The minimum Gasteiger partial charge on any atom is -0.343 e. The number of nitrogens with zero attached hydrogens (tertiary/aromatic N) is 6. The maximum absolute atomic E-state index is 11.6. The van der Waals surface area contributed by atoms with E-state index in [4.69, 9.17) is 26.2 Å². The molecule has 0 N–H and O–H groups in total.